The van der Waals surface area contributed by atoms with Crippen molar-refractivity contribution < 1.29 is 9.53 Å². The molecule has 0 atom stereocenters. The summed E-state index contributed by atoms with van der Waals surface area (Å²) >= 11 is 1.41. The molecule has 1 amide bonds. The summed E-state index contributed by atoms with van der Waals surface area (Å²) in [7, 11) is 1.55. The van der Waals surface area contributed by atoms with E-state index in [1.807, 2.05) is 25.3 Å². The summed E-state index contributed by atoms with van der Waals surface area (Å²) in [6.45, 7) is 3.67. The molecule has 7 heteroatoms. The van der Waals surface area contributed by atoms with Crippen LogP contribution >= 0.6 is 11.8 Å². The molecule has 0 bridgehead atoms. The highest BCUT2D eigenvalue weighted by atomic mass is 32.2. The zero-order chi connectivity index (χ0) is 14.7. The molecule has 0 radical (unpaired) electrons. The minimum Gasteiger partial charge on any atom is -0.496 e. The van der Waals surface area contributed by atoms with Gasteiger partial charge < -0.3 is 4.74 Å². The van der Waals surface area contributed by atoms with Crippen molar-refractivity contribution in [2.75, 3.05) is 18.8 Å². The van der Waals surface area contributed by atoms with Gasteiger partial charge in [0.1, 0.15) is 11.6 Å². The highest BCUT2D eigenvalue weighted by molar-refractivity contribution is 7.98. The van der Waals surface area contributed by atoms with Crippen LogP contribution in [0.2, 0.25) is 0 Å². The number of carbonyl (C=O) groups is 1. The number of para-hydroxylation sites is 1. The van der Waals surface area contributed by atoms with Crippen molar-refractivity contribution in [2.45, 2.75) is 19.0 Å². The number of hydrogen-bond donors (Lipinski definition) is 1. The Morgan fingerprint density at radius 2 is 2.10 bits per heavy atom. The molecular weight excluding hydrogens is 276 g/mol. The molecular formula is C13H16N4O2S. The number of amides is 1. The van der Waals surface area contributed by atoms with Gasteiger partial charge in [0.2, 0.25) is 5.16 Å². The van der Waals surface area contributed by atoms with Crippen LogP contribution in [0.15, 0.2) is 23.4 Å². The lowest BCUT2D eigenvalue weighted by atomic mass is 10.1. The Kier molecular flexibility index (Phi) is 4.29. The maximum Gasteiger partial charge on any atom is 0.273 e. The summed E-state index contributed by atoms with van der Waals surface area (Å²) in [6, 6.07) is 5.44. The predicted molar refractivity (Wildman–Crippen MR) is 78.0 cm³/mol. The van der Waals surface area contributed by atoms with E-state index in [0.717, 1.165) is 5.56 Å². The Morgan fingerprint density at radius 3 is 2.75 bits per heavy atom. The van der Waals surface area contributed by atoms with Crippen molar-refractivity contribution >= 4 is 17.7 Å². The number of rotatable bonds is 4. The van der Waals surface area contributed by atoms with Crippen molar-refractivity contribution in [2.24, 2.45) is 0 Å². The molecule has 1 heterocycles. The molecule has 20 heavy (non-hydrogen) atoms. The second kappa shape index (κ2) is 5.96. The first-order valence-corrected chi connectivity index (χ1v) is 7.22. The predicted octanol–water partition coefficient (Wildman–Crippen LogP) is 2.01. The fourth-order valence-electron chi connectivity index (χ4n) is 1.87. The summed E-state index contributed by atoms with van der Waals surface area (Å²) in [6.07, 6.45) is 1.87. The molecule has 0 aliphatic rings. The van der Waals surface area contributed by atoms with Crippen LogP contribution in [-0.4, -0.2) is 34.1 Å². The summed E-state index contributed by atoms with van der Waals surface area (Å²) in [5.74, 6) is 0.930. The maximum absolute atomic E-state index is 12.4. The van der Waals surface area contributed by atoms with Gasteiger partial charge in [0, 0.05) is 0 Å². The molecule has 1 aromatic carbocycles. The molecule has 106 valence electrons. The van der Waals surface area contributed by atoms with Gasteiger partial charge >= 0.3 is 0 Å². The SMILES string of the molecule is COc1c(C)cccc1C(=O)Nn1c(C)nnc1SC. The molecule has 0 unspecified atom stereocenters. The maximum atomic E-state index is 12.4. The summed E-state index contributed by atoms with van der Waals surface area (Å²) < 4.78 is 6.86. The molecule has 0 aliphatic heterocycles. The van der Waals surface area contributed by atoms with Gasteiger partial charge in [0.25, 0.3) is 5.91 Å². The topological polar surface area (TPSA) is 69.0 Å². The third kappa shape index (κ3) is 2.62. The third-order valence-electron chi connectivity index (χ3n) is 2.85. The zero-order valence-corrected chi connectivity index (χ0v) is 12.6. The Labute approximate surface area is 121 Å². The first kappa shape index (κ1) is 14.4. The van der Waals surface area contributed by atoms with E-state index >= 15 is 0 Å². The first-order valence-electron chi connectivity index (χ1n) is 5.99. The van der Waals surface area contributed by atoms with Crippen LogP contribution in [0, 0.1) is 13.8 Å². The number of aryl methyl sites for hydroxylation is 2. The Bertz CT molecular complexity index is 639. The van der Waals surface area contributed by atoms with Crippen molar-refractivity contribution in [3.8, 4) is 5.75 Å². The third-order valence-corrected chi connectivity index (χ3v) is 3.48. The fourth-order valence-corrected chi connectivity index (χ4v) is 2.35. The second-order valence-corrected chi connectivity index (χ2v) is 4.94. The normalized spacial score (nSPS) is 10.4. The number of nitrogens with zero attached hydrogens (tertiary/aromatic N) is 3. The van der Waals surface area contributed by atoms with Gasteiger partial charge in [-0.1, -0.05) is 23.9 Å². The average Bonchev–Trinajstić information content (AvgIpc) is 2.79. The van der Waals surface area contributed by atoms with E-state index in [0.29, 0.717) is 22.3 Å². The molecule has 0 saturated carbocycles. The average molecular weight is 292 g/mol. The number of ether oxygens (including phenoxy) is 1. The molecule has 0 saturated heterocycles. The van der Waals surface area contributed by atoms with E-state index in [1.54, 1.807) is 24.8 Å². The van der Waals surface area contributed by atoms with Gasteiger partial charge in [-0.05, 0) is 31.7 Å². The minimum absolute atomic E-state index is 0.260. The number of benzene rings is 1. The summed E-state index contributed by atoms with van der Waals surface area (Å²) in [5.41, 5.74) is 4.17. The molecule has 0 spiro atoms. The fraction of sp³-hybridized carbons (Fsp3) is 0.308. The molecule has 1 aromatic heterocycles. The van der Waals surface area contributed by atoms with E-state index in [4.69, 9.17) is 4.74 Å². The van der Waals surface area contributed by atoms with Crippen LogP contribution in [0.4, 0.5) is 0 Å². The van der Waals surface area contributed by atoms with Crippen LogP contribution in [0.25, 0.3) is 0 Å². The van der Waals surface area contributed by atoms with E-state index < -0.39 is 0 Å². The van der Waals surface area contributed by atoms with Gasteiger partial charge in [-0.15, -0.1) is 10.2 Å². The molecule has 2 rings (SSSR count). The van der Waals surface area contributed by atoms with Gasteiger partial charge in [0.15, 0.2) is 0 Å². The van der Waals surface area contributed by atoms with E-state index in [2.05, 4.69) is 15.6 Å². The van der Waals surface area contributed by atoms with E-state index in [9.17, 15) is 4.79 Å². The van der Waals surface area contributed by atoms with Gasteiger partial charge in [0.05, 0.1) is 12.7 Å². The first-order chi connectivity index (χ1) is 9.58. The largest absolute Gasteiger partial charge is 0.496 e. The van der Waals surface area contributed by atoms with Crippen LogP contribution in [0.3, 0.4) is 0 Å². The number of nitrogens with one attached hydrogen (secondary N) is 1. The highest BCUT2D eigenvalue weighted by Gasteiger charge is 2.16. The van der Waals surface area contributed by atoms with Crippen molar-refractivity contribution in [3.05, 3.63) is 35.2 Å². The van der Waals surface area contributed by atoms with Crippen LogP contribution in [0.1, 0.15) is 21.7 Å². The molecule has 0 aliphatic carbocycles. The lowest BCUT2D eigenvalue weighted by Crippen LogP contribution is -2.25. The van der Waals surface area contributed by atoms with Crippen LogP contribution in [0.5, 0.6) is 5.75 Å². The lowest BCUT2D eigenvalue weighted by Gasteiger charge is -2.13. The number of methoxy groups -OCH3 is 1. The quantitative estimate of drug-likeness (QED) is 0.873. The van der Waals surface area contributed by atoms with Crippen molar-refractivity contribution in [3.63, 3.8) is 0 Å². The second-order valence-electron chi connectivity index (χ2n) is 4.17. The standard InChI is InChI=1S/C13H16N4O2S/c1-8-6-5-7-10(11(8)19-3)12(18)16-17-9(2)14-15-13(17)20-4/h5-7H,1-4H3,(H,16,18). The zero-order valence-electron chi connectivity index (χ0n) is 11.8. The van der Waals surface area contributed by atoms with Crippen LogP contribution < -0.4 is 10.2 Å². The van der Waals surface area contributed by atoms with Crippen molar-refractivity contribution in [1.82, 2.24) is 14.9 Å². The molecule has 2 aromatic rings. The Balaban J connectivity index is 2.33. The van der Waals surface area contributed by atoms with E-state index in [-0.39, 0.29) is 5.91 Å². The highest BCUT2D eigenvalue weighted by Crippen LogP contribution is 2.23. The van der Waals surface area contributed by atoms with E-state index in [1.165, 1.54) is 11.8 Å². The summed E-state index contributed by atoms with van der Waals surface area (Å²) in [5, 5.41) is 8.54. The van der Waals surface area contributed by atoms with Gasteiger partial charge in [-0.2, -0.15) is 0 Å². The molecule has 0 fully saturated rings. The van der Waals surface area contributed by atoms with Crippen LogP contribution in [-0.2, 0) is 0 Å². The lowest BCUT2D eigenvalue weighted by molar-refractivity contribution is 0.100. The van der Waals surface area contributed by atoms with Crippen molar-refractivity contribution in [1.29, 1.82) is 0 Å². The number of aromatic nitrogens is 3. The summed E-state index contributed by atoms with van der Waals surface area (Å²) in [4.78, 5) is 12.4. The number of hydrogen-bond acceptors (Lipinski definition) is 5. The Morgan fingerprint density at radius 1 is 1.35 bits per heavy atom. The monoisotopic (exact) mass is 292 g/mol. The number of carbonyl (C=O) groups excluding carboxylic acids is 1. The minimum atomic E-state index is -0.260. The molecule has 6 nitrogen and oxygen atoms in total. The van der Waals surface area contributed by atoms with Gasteiger partial charge in [-0.3, -0.25) is 10.2 Å². The smallest absolute Gasteiger partial charge is 0.273 e. The Hall–Kier alpha value is -2.02. The number of thioether (sulfide) groups is 1. The molecule has 1 N–H and O–H groups in total. The van der Waals surface area contributed by atoms with Gasteiger partial charge in [-0.25, -0.2) is 4.68 Å².